The van der Waals surface area contributed by atoms with Crippen molar-refractivity contribution in [3.05, 3.63) is 22.7 Å². The number of benzene rings is 1. The first-order chi connectivity index (χ1) is 8.08. The van der Waals surface area contributed by atoms with E-state index < -0.39 is 0 Å². The van der Waals surface area contributed by atoms with Gasteiger partial charge in [-0.25, -0.2) is 0 Å². The maximum atomic E-state index is 11.5. The maximum Gasteiger partial charge on any atom is 0.225 e. The van der Waals surface area contributed by atoms with Crippen LogP contribution in [0.2, 0.25) is 5.02 Å². The fourth-order valence-corrected chi connectivity index (χ4v) is 1.48. The van der Waals surface area contributed by atoms with Crippen molar-refractivity contribution in [2.45, 2.75) is 19.8 Å². The molecule has 0 fully saturated rings. The molecule has 4 heteroatoms. The highest BCUT2D eigenvalue weighted by Crippen LogP contribution is 2.30. The molecule has 0 aromatic heterocycles. The average Bonchev–Trinajstić information content (AvgIpc) is 2.31. The van der Waals surface area contributed by atoms with Crippen LogP contribution in [0.4, 0.5) is 5.69 Å². The summed E-state index contributed by atoms with van der Waals surface area (Å²) in [5.74, 6) is 2.82. The number of methoxy groups -OCH3 is 1. The average molecular weight is 252 g/mol. The largest absolute Gasteiger partial charge is 0.495 e. The van der Waals surface area contributed by atoms with Gasteiger partial charge in [-0.3, -0.25) is 4.79 Å². The Morgan fingerprint density at radius 3 is 2.88 bits per heavy atom. The molecule has 0 aliphatic heterocycles. The van der Waals surface area contributed by atoms with Crippen molar-refractivity contribution in [2.75, 3.05) is 12.4 Å². The normalized spacial score (nSPS) is 9.53. The number of nitrogens with one attached hydrogen (secondary N) is 1. The predicted molar refractivity (Wildman–Crippen MR) is 69.4 cm³/mol. The Labute approximate surface area is 106 Å². The van der Waals surface area contributed by atoms with Gasteiger partial charge in [0, 0.05) is 23.9 Å². The molecular formula is C13H14ClNO2. The highest BCUT2D eigenvalue weighted by molar-refractivity contribution is 6.31. The fraction of sp³-hybridized carbons (Fsp3) is 0.308. The summed E-state index contributed by atoms with van der Waals surface area (Å²) in [6, 6.07) is 3.45. The van der Waals surface area contributed by atoms with E-state index in [-0.39, 0.29) is 5.91 Å². The molecule has 1 rings (SSSR count). The number of amides is 1. The van der Waals surface area contributed by atoms with E-state index in [1.54, 1.807) is 12.1 Å². The number of aryl methyl sites for hydroxylation is 1. The highest BCUT2D eigenvalue weighted by Gasteiger charge is 2.09. The van der Waals surface area contributed by atoms with Gasteiger partial charge in [-0.05, 0) is 18.6 Å². The van der Waals surface area contributed by atoms with Gasteiger partial charge in [0.05, 0.1) is 12.8 Å². The molecule has 0 spiro atoms. The first kappa shape index (κ1) is 13.4. The second kappa shape index (κ2) is 6.17. The van der Waals surface area contributed by atoms with Crippen LogP contribution in [0.25, 0.3) is 0 Å². The fourth-order valence-electron chi connectivity index (χ4n) is 1.33. The number of anilines is 1. The van der Waals surface area contributed by atoms with Gasteiger partial charge in [-0.2, -0.15) is 0 Å². The van der Waals surface area contributed by atoms with Crippen molar-refractivity contribution in [1.29, 1.82) is 0 Å². The van der Waals surface area contributed by atoms with Crippen molar-refractivity contribution in [3.63, 3.8) is 0 Å². The lowest BCUT2D eigenvalue weighted by Gasteiger charge is -2.11. The van der Waals surface area contributed by atoms with Gasteiger partial charge >= 0.3 is 0 Å². The molecule has 0 heterocycles. The minimum Gasteiger partial charge on any atom is -0.495 e. The summed E-state index contributed by atoms with van der Waals surface area (Å²) in [5, 5.41) is 3.35. The van der Waals surface area contributed by atoms with E-state index in [0.717, 1.165) is 5.56 Å². The lowest BCUT2D eigenvalue weighted by Crippen LogP contribution is -2.11. The number of hydrogen-bond acceptors (Lipinski definition) is 2. The van der Waals surface area contributed by atoms with Crippen molar-refractivity contribution in [1.82, 2.24) is 0 Å². The molecule has 1 N–H and O–H groups in total. The lowest BCUT2D eigenvalue weighted by molar-refractivity contribution is -0.116. The van der Waals surface area contributed by atoms with Gasteiger partial charge in [0.15, 0.2) is 0 Å². The van der Waals surface area contributed by atoms with Crippen LogP contribution in [0.5, 0.6) is 5.75 Å². The van der Waals surface area contributed by atoms with Crippen LogP contribution < -0.4 is 10.1 Å². The third kappa shape index (κ3) is 3.69. The molecule has 0 aliphatic carbocycles. The molecule has 0 saturated carbocycles. The summed E-state index contributed by atoms with van der Waals surface area (Å²) < 4.78 is 5.15. The molecule has 90 valence electrons. The minimum absolute atomic E-state index is 0.136. The third-order valence-corrected chi connectivity index (χ3v) is 2.66. The third-order valence-electron chi connectivity index (χ3n) is 2.25. The Morgan fingerprint density at radius 2 is 2.29 bits per heavy atom. The van der Waals surface area contributed by atoms with Crippen molar-refractivity contribution in [2.24, 2.45) is 0 Å². The molecule has 0 atom stereocenters. The maximum absolute atomic E-state index is 11.5. The molecule has 1 aromatic rings. The summed E-state index contributed by atoms with van der Waals surface area (Å²) >= 11 is 5.97. The quantitative estimate of drug-likeness (QED) is 0.836. The van der Waals surface area contributed by atoms with Crippen LogP contribution in [-0.2, 0) is 4.79 Å². The summed E-state index contributed by atoms with van der Waals surface area (Å²) in [7, 11) is 1.53. The number of hydrogen-bond donors (Lipinski definition) is 1. The Bertz CT molecular complexity index is 463. The first-order valence-electron chi connectivity index (χ1n) is 5.16. The molecule has 3 nitrogen and oxygen atoms in total. The van der Waals surface area contributed by atoms with E-state index in [1.165, 1.54) is 7.11 Å². The molecule has 0 bridgehead atoms. The van der Waals surface area contributed by atoms with Gasteiger partial charge in [0.2, 0.25) is 5.91 Å². The van der Waals surface area contributed by atoms with Crippen LogP contribution >= 0.6 is 11.6 Å². The molecule has 0 unspecified atom stereocenters. The Balaban J connectivity index is 2.87. The minimum atomic E-state index is -0.136. The summed E-state index contributed by atoms with van der Waals surface area (Å²) in [5.41, 5.74) is 1.48. The zero-order chi connectivity index (χ0) is 12.8. The Kier molecular flexibility index (Phi) is 4.86. The standard InChI is InChI=1S/C13H14ClNO2/c1-4-5-6-13(16)15-11-7-9(2)10(14)8-12(11)17-3/h1,7-8H,5-6H2,2-3H3,(H,15,16). The van der Waals surface area contributed by atoms with Crippen LogP contribution in [0.15, 0.2) is 12.1 Å². The molecule has 17 heavy (non-hydrogen) atoms. The number of carbonyl (C=O) groups is 1. The van der Waals surface area contributed by atoms with E-state index in [9.17, 15) is 4.79 Å². The number of carbonyl (C=O) groups excluding carboxylic acids is 1. The molecule has 1 aromatic carbocycles. The van der Waals surface area contributed by atoms with Gasteiger partial charge in [0.25, 0.3) is 0 Å². The second-order valence-corrected chi connectivity index (χ2v) is 3.96. The number of halogens is 1. The van der Waals surface area contributed by atoms with E-state index in [2.05, 4.69) is 11.2 Å². The molecule has 1 amide bonds. The van der Waals surface area contributed by atoms with Crippen LogP contribution in [-0.4, -0.2) is 13.0 Å². The van der Waals surface area contributed by atoms with Gasteiger partial charge < -0.3 is 10.1 Å². The topological polar surface area (TPSA) is 38.3 Å². The number of terminal acetylenes is 1. The monoisotopic (exact) mass is 251 g/mol. The Morgan fingerprint density at radius 1 is 1.59 bits per heavy atom. The summed E-state index contributed by atoms with van der Waals surface area (Å²) in [6.45, 7) is 1.86. The number of rotatable bonds is 4. The van der Waals surface area contributed by atoms with Crippen LogP contribution in [0, 0.1) is 19.3 Å². The van der Waals surface area contributed by atoms with E-state index in [1.807, 2.05) is 6.92 Å². The summed E-state index contributed by atoms with van der Waals surface area (Å²) in [4.78, 5) is 11.5. The Hall–Kier alpha value is -1.66. The molecule has 0 aliphatic rings. The molecule has 0 radical (unpaired) electrons. The first-order valence-corrected chi connectivity index (χ1v) is 5.53. The highest BCUT2D eigenvalue weighted by atomic mass is 35.5. The van der Waals surface area contributed by atoms with E-state index in [4.69, 9.17) is 22.8 Å². The zero-order valence-electron chi connectivity index (χ0n) is 9.84. The van der Waals surface area contributed by atoms with Crippen LogP contribution in [0.3, 0.4) is 0 Å². The molecular weight excluding hydrogens is 238 g/mol. The van der Waals surface area contributed by atoms with Crippen LogP contribution in [0.1, 0.15) is 18.4 Å². The predicted octanol–water partition coefficient (Wildman–Crippen LogP) is 3.01. The van der Waals surface area contributed by atoms with Crippen molar-refractivity contribution in [3.8, 4) is 18.1 Å². The molecule has 0 saturated heterocycles. The van der Waals surface area contributed by atoms with E-state index >= 15 is 0 Å². The van der Waals surface area contributed by atoms with Gasteiger partial charge in [0.1, 0.15) is 5.75 Å². The second-order valence-electron chi connectivity index (χ2n) is 3.55. The van der Waals surface area contributed by atoms with Gasteiger partial charge in [-0.15, -0.1) is 12.3 Å². The zero-order valence-corrected chi connectivity index (χ0v) is 10.6. The number of ether oxygens (including phenoxy) is 1. The van der Waals surface area contributed by atoms with E-state index in [0.29, 0.717) is 29.3 Å². The SMILES string of the molecule is C#CCCC(=O)Nc1cc(C)c(Cl)cc1OC. The van der Waals surface area contributed by atoms with Gasteiger partial charge in [-0.1, -0.05) is 11.6 Å². The summed E-state index contributed by atoms with van der Waals surface area (Å²) in [6.07, 6.45) is 5.81. The smallest absolute Gasteiger partial charge is 0.225 e. The van der Waals surface area contributed by atoms with Crippen molar-refractivity contribution < 1.29 is 9.53 Å². The lowest BCUT2D eigenvalue weighted by atomic mass is 10.2. The van der Waals surface area contributed by atoms with Crippen molar-refractivity contribution >= 4 is 23.2 Å².